The maximum Gasteiger partial charge on any atom is 0.277 e. The second-order valence-electron chi connectivity index (χ2n) is 4.10. The van der Waals surface area contributed by atoms with Gasteiger partial charge in [0.25, 0.3) is 5.56 Å². The van der Waals surface area contributed by atoms with Crippen LogP contribution in [-0.4, -0.2) is 30.3 Å². The lowest BCUT2D eigenvalue weighted by Gasteiger charge is -2.10. The number of ether oxygens (including phenoxy) is 2. The number of hydrogen-bond donors (Lipinski definition) is 0. The zero-order valence-corrected chi connectivity index (χ0v) is 11.4. The number of methoxy groups -OCH3 is 2. The van der Waals surface area contributed by atoms with Crippen molar-refractivity contribution in [2.75, 3.05) is 14.2 Å². The summed E-state index contributed by atoms with van der Waals surface area (Å²) < 4.78 is 11.5. The van der Waals surface area contributed by atoms with E-state index in [1.807, 2.05) is 0 Å². The van der Waals surface area contributed by atoms with Gasteiger partial charge in [-0.05, 0) is 24.3 Å². The van der Waals surface area contributed by atoms with Crippen LogP contribution in [0, 0.1) is 0 Å². The number of benzene rings is 1. The van der Waals surface area contributed by atoms with Crippen molar-refractivity contribution < 1.29 is 14.3 Å². The summed E-state index contributed by atoms with van der Waals surface area (Å²) in [5, 5.41) is 4.13. The quantitative estimate of drug-likeness (QED) is 0.785. The molecule has 2 rings (SSSR count). The van der Waals surface area contributed by atoms with Crippen LogP contribution >= 0.6 is 0 Å². The summed E-state index contributed by atoms with van der Waals surface area (Å²) in [4.78, 5) is 22.5. The fourth-order valence-corrected chi connectivity index (χ4v) is 1.85. The second-order valence-corrected chi connectivity index (χ2v) is 4.10. The van der Waals surface area contributed by atoms with Crippen molar-refractivity contribution in [2.24, 2.45) is 7.05 Å². The molecule has 0 bridgehead atoms. The van der Waals surface area contributed by atoms with Crippen molar-refractivity contribution in [2.45, 2.75) is 0 Å². The Hall–Kier alpha value is -2.63. The molecule has 0 spiro atoms. The monoisotopic (exact) mass is 274 g/mol. The van der Waals surface area contributed by atoms with Gasteiger partial charge in [-0.3, -0.25) is 9.59 Å². The van der Waals surface area contributed by atoms with E-state index in [0.29, 0.717) is 23.5 Å². The summed E-state index contributed by atoms with van der Waals surface area (Å²) in [6.45, 7) is 0. The summed E-state index contributed by atoms with van der Waals surface area (Å²) in [5.41, 5.74) is 0.869. The molecule has 0 amide bonds. The van der Waals surface area contributed by atoms with Crippen molar-refractivity contribution in [3.05, 3.63) is 40.2 Å². The van der Waals surface area contributed by atoms with Crippen LogP contribution in [0.5, 0.6) is 11.5 Å². The average Bonchev–Trinajstić information content (AvgIpc) is 2.49. The average molecular weight is 274 g/mol. The summed E-state index contributed by atoms with van der Waals surface area (Å²) in [6.07, 6.45) is 0.522. The third-order valence-electron chi connectivity index (χ3n) is 2.90. The summed E-state index contributed by atoms with van der Waals surface area (Å²) >= 11 is 0. The first-order valence-electron chi connectivity index (χ1n) is 5.86. The molecule has 0 fully saturated rings. The van der Waals surface area contributed by atoms with Gasteiger partial charge in [0.2, 0.25) is 0 Å². The molecule has 6 heteroatoms. The minimum Gasteiger partial charge on any atom is -0.493 e. The molecule has 0 atom stereocenters. The number of carbonyl (C=O) groups is 1. The summed E-state index contributed by atoms with van der Waals surface area (Å²) in [6, 6.07) is 6.71. The third-order valence-corrected chi connectivity index (χ3v) is 2.90. The van der Waals surface area contributed by atoms with Gasteiger partial charge in [-0.25, -0.2) is 4.68 Å². The minimum atomic E-state index is -0.427. The summed E-state index contributed by atoms with van der Waals surface area (Å²) in [5.74, 6) is 1.14. The molecule has 1 heterocycles. The molecular weight excluding hydrogens is 260 g/mol. The lowest BCUT2D eigenvalue weighted by molar-refractivity contribution is 0.112. The van der Waals surface area contributed by atoms with Gasteiger partial charge in [0.1, 0.15) is 0 Å². The van der Waals surface area contributed by atoms with Gasteiger partial charge in [0, 0.05) is 12.6 Å². The minimum absolute atomic E-state index is 0.0623. The van der Waals surface area contributed by atoms with E-state index in [1.165, 1.54) is 20.2 Å². The maximum atomic E-state index is 11.6. The Morgan fingerprint density at radius 1 is 1.15 bits per heavy atom. The lowest BCUT2D eigenvalue weighted by atomic mass is 10.1. The molecule has 0 saturated heterocycles. The highest BCUT2D eigenvalue weighted by molar-refractivity contribution is 5.77. The highest BCUT2D eigenvalue weighted by Gasteiger charge is 2.10. The first-order chi connectivity index (χ1) is 9.60. The number of hydrogen-bond acceptors (Lipinski definition) is 5. The Balaban J connectivity index is 2.59. The van der Waals surface area contributed by atoms with E-state index in [2.05, 4.69) is 5.10 Å². The van der Waals surface area contributed by atoms with Crippen LogP contribution in [0.4, 0.5) is 0 Å². The molecule has 0 radical (unpaired) electrons. The molecular formula is C14H14N2O4. The van der Waals surface area contributed by atoms with Gasteiger partial charge < -0.3 is 9.47 Å². The topological polar surface area (TPSA) is 70.4 Å². The van der Waals surface area contributed by atoms with Crippen molar-refractivity contribution in [1.82, 2.24) is 9.78 Å². The first kappa shape index (κ1) is 13.8. The molecule has 6 nitrogen and oxygen atoms in total. The van der Waals surface area contributed by atoms with E-state index < -0.39 is 5.56 Å². The maximum absolute atomic E-state index is 11.6. The van der Waals surface area contributed by atoms with E-state index in [0.717, 1.165) is 10.2 Å². The highest BCUT2D eigenvalue weighted by atomic mass is 16.5. The number of nitrogens with zero attached hydrogens (tertiary/aromatic N) is 2. The molecule has 1 aromatic carbocycles. The van der Waals surface area contributed by atoms with Crippen LogP contribution < -0.4 is 15.0 Å². The molecule has 0 aliphatic rings. The fraction of sp³-hybridized carbons (Fsp3) is 0.214. The van der Waals surface area contributed by atoms with Crippen LogP contribution in [0.3, 0.4) is 0 Å². The van der Waals surface area contributed by atoms with Gasteiger partial charge in [0.15, 0.2) is 17.8 Å². The SMILES string of the molecule is COc1ccc(-c2cc(C=O)c(=O)n(C)n2)cc1OC. The van der Waals surface area contributed by atoms with E-state index in [9.17, 15) is 9.59 Å². The molecule has 0 saturated carbocycles. The van der Waals surface area contributed by atoms with Crippen LogP contribution in [-0.2, 0) is 7.05 Å². The van der Waals surface area contributed by atoms with Crippen LogP contribution in [0.2, 0.25) is 0 Å². The molecule has 1 aromatic heterocycles. The Kier molecular flexibility index (Phi) is 3.84. The Bertz CT molecular complexity index is 707. The number of rotatable bonds is 4. The normalized spacial score (nSPS) is 10.2. The molecule has 0 N–H and O–H groups in total. The van der Waals surface area contributed by atoms with Crippen LogP contribution in [0.15, 0.2) is 29.1 Å². The van der Waals surface area contributed by atoms with Gasteiger partial charge in [-0.1, -0.05) is 0 Å². The number of carbonyl (C=O) groups excluding carboxylic acids is 1. The molecule has 20 heavy (non-hydrogen) atoms. The second kappa shape index (κ2) is 5.56. The first-order valence-corrected chi connectivity index (χ1v) is 5.86. The smallest absolute Gasteiger partial charge is 0.277 e. The Morgan fingerprint density at radius 3 is 2.45 bits per heavy atom. The Morgan fingerprint density at radius 2 is 1.85 bits per heavy atom. The number of aromatic nitrogens is 2. The number of aryl methyl sites for hydroxylation is 1. The highest BCUT2D eigenvalue weighted by Crippen LogP contribution is 2.31. The van der Waals surface area contributed by atoms with Crippen molar-refractivity contribution >= 4 is 6.29 Å². The standard InChI is InChI=1S/C14H14N2O4/c1-16-14(18)10(8-17)6-11(15-16)9-4-5-12(19-2)13(7-9)20-3/h4-8H,1-3H3. The van der Waals surface area contributed by atoms with Gasteiger partial charge >= 0.3 is 0 Å². The molecule has 104 valence electrons. The van der Waals surface area contributed by atoms with Crippen LogP contribution in [0.25, 0.3) is 11.3 Å². The zero-order chi connectivity index (χ0) is 14.7. The van der Waals surface area contributed by atoms with Crippen molar-refractivity contribution in [3.8, 4) is 22.8 Å². The molecule has 0 aliphatic heterocycles. The van der Waals surface area contributed by atoms with Crippen molar-refractivity contribution in [3.63, 3.8) is 0 Å². The lowest BCUT2D eigenvalue weighted by Crippen LogP contribution is -2.23. The van der Waals surface area contributed by atoms with Crippen molar-refractivity contribution in [1.29, 1.82) is 0 Å². The largest absolute Gasteiger partial charge is 0.493 e. The predicted octanol–water partition coefficient (Wildman–Crippen LogP) is 1.28. The molecule has 0 unspecified atom stereocenters. The fourth-order valence-electron chi connectivity index (χ4n) is 1.85. The predicted molar refractivity (Wildman–Crippen MR) is 73.4 cm³/mol. The van der Waals surface area contributed by atoms with Gasteiger partial charge in [0.05, 0.1) is 25.5 Å². The molecule has 0 aliphatic carbocycles. The van der Waals surface area contributed by atoms with Gasteiger partial charge in [-0.2, -0.15) is 5.10 Å². The van der Waals surface area contributed by atoms with E-state index >= 15 is 0 Å². The van der Waals surface area contributed by atoms with Gasteiger partial charge in [-0.15, -0.1) is 0 Å². The summed E-state index contributed by atoms with van der Waals surface area (Å²) in [7, 11) is 4.58. The van der Waals surface area contributed by atoms with Crippen LogP contribution in [0.1, 0.15) is 10.4 Å². The van der Waals surface area contributed by atoms with E-state index in [1.54, 1.807) is 25.3 Å². The number of aldehydes is 1. The van der Waals surface area contributed by atoms with E-state index in [-0.39, 0.29) is 5.56 Å². The third kappa shape index (κ3) is 2.40. The van der Waals surface area contributed by atoms with E-state index in [4.69, 9.17) is 9.47 Å². The molecule has 2 aromatic rings. The zero-order valence-electron chi connectivity index (χ0n) is 11.4. The Labute approximate surface area is 115 Å².